The number of carboxylic acids is 1. The summed E-state index contributed by atoms with van der Waals surface area (Å²) in [5.41, 5.74) is 6.15. The first-order valence-electron chi connectivity index (χ1n) is 11.2. The Bertz CT molecular complexity index is 1410. The van der Waals surface area contributed by atoms with Crippen molar-refractivity contribution in [1.29, 1.82) is 0 Å². The van der Waals surface area contributed by atoms with Crippen LogP contribution in [-0.4, -0.2) is 38.0 Å². The zero-order valence-electron chi connectivity index (χ0n) is 18.8. The number of carbonyl (C=O) groups is 2. The van der Waals surface area contributed by atoms with E-state index < -0.39 is 5.97 Å². The van der Waals surface area contributed by atoms with E-state index in [4.69, 9.17) is 11.6 Å². The van der Waals surface area contributed by atoms with E-state index >= 15 is 0 Å². The molecule has 0 spiro atoms. The highest BCUT2D eigenvalue weighted by Gasteiger charge is 2.27. The predicted octanol–water partition coefficient (Wildman–Crippen LogP) is 4.87. The summed E-state index contributed by atoms with van der Waals surface area (Å²) in [4.78, 5) is 31.0. The summed E-state index contributed by atoms with van der Waals surface area (Å²) in [5.74, 6) is -0.926. The van der Waals surface area contributed by atoms with Gasteiger partial charge in [0.05, 0.1) is 18.5 Å². The van der Waals surface area contributed by atoms with E-state index in [1.165, 1.54) is 5.56 Å². The second-order valence-electron chi connectivity index (χ2n) is 8.71. The highest BCUT2D eigenvalue weighted by atomic mass is 35.5. The molecule has 0 aliphatic carbocycles. The average molecular weight is 474 g/mol. The number of hydrogen-bond donors (Lipinski definition) is 1. The Morgan fingerprint density at radius 1 is 1.09 bits per heavy atom. The summed E-state index contributed by atoms with van der Waals surface area (Å²) < 4.78 is 2.21. The molecule has 0 unspecified atom stereocenters. The molecule has 1 N–H and O–H groups in total. The number of aromatic carboxylic acids is 1. The minimum Gasteiger partial charge on any atom is -0.478 e. The fourth-order valence-electron chi connectivity index (χ4n) is 4.78. The Balaban J connectivity index is 1.42. The van der Waals surface area contributed by atoms with Gasteiger partial charge in [-0.15, -0.1) is 0 Å². The van der Waals surface area contributed by atoms with Crippen LogP contribution in [0.3, 0.4) is 0 Å². The van der Waals surface area contributed by atoms with Gasteiger partial charge in [0, 0.05) is 35.4 Å². The molecule has 34 heavy (non-hydrogen) atoms. The van der Waals surface area contributed by atoms with Crippen molar-refractivity contribution in [2.45, 2.75) is 32.9 Å². The third-order valence-corrected chi connectivity index (χ3v) is 6.75. The minimum absolute atomic E-state index is 0.0318. The number of carboxylic acid groups (broad SMARTS) is 1. The van der Waals surface area contributed by atoms with Crippen molar-refractivity contribution in [3.63, 3.8) is 0 Å². The first-order valence-corrected chi connectivity index (χ1v) is 11.6. The van der Waals surface area contributed by atoms with Gasteiger partial charge >= 0.3 is 5.97 Å². The molecule has 0 atom stereocenters. The number of hydrogen-bond acceptors (Lipinski definition) is 3. The van der Waals surface area contributed by atoms with Crippen LogP contribution in [0.2, 0.25) is 5.02 Å². The van der Waals surface area contributed by atoms with Crippen molar-refractivity contribution in [3.8, 4) is 0 Å². The molecule has 6 nitrogen and oxygen atoms in total. The number of rotatable bonds is 5. The highest BCUT2D eigenvalue weighted by molar-refractivity contribution is 6.30. The van der Waals surface area contributed by atoms with Gasteiger partial charge in [0.25, 0.3) is 0 Å². The standard InChI is InChI=1S/C27H24ClN3O3/c1-17-13-19(6-9-21(17)27(33)34)14-25(32)30-12-10-22-23-3-2-11-29-26(23)31(24(22)16-30)15-18-4-7-20(28)8-5-18/h2-9,11,13H,10,12,14-16H2,1H3,(H,33,34). The maximum atomic E-state index is 13.2. The SMILES string of the molecule is Cc1cc(CC(=O)N2CCc3c(n(Cc4ccc(Cl)cc4)c4ncccc34)C2)ccc1C(=O)O. The molecule has 7 heteroatoms. The van der Waals surface area contributed by atoms with E-state index in [1.807, 2.05) is 35.2 Å². The maximum Gasteiger partial charge on any atom is 0.335 e. The molecule has 5 rings (SSSR count). The molecule has 0 radical (unpaired) electrons. The lowest BCUT2D eigenvalue weighted by Gasteiger charge is -2.29. The van der Waals surface area contributed by atoms with Crippen molar-refractivity contribution < 1.29 is 14.7 Å². The van der Waals surface area contributed by atoms with Gasteiger partial charge in [-0.2, -0.15) is 0 Å². The van der Waals surface area contributed by atoms with Crippen LogP contribution in [0.1, 0.15) is 38.3 Å². The molecule has 172 valence electrons. The van der Waals surface area contributed by atoms with Crippen LogP contribution in [0.4, 0.5) is 0 Å². The Kier molecular flexibility index (Phi) is 5.84. The third kappa shape index (κ3) is 4.17. The van der Waals surface area contributed by atoms with E-state index in [-0.39, 0.29) is 17.9 Å². The summed E-state index contributed by atoms with van der Waals surface area (Å²) in [6.45, 7) is 3.57. The monoisotopic (exact) mass is 473 g/mol. The second-order valence-corrected chi connectivity index (χ2v) is 9.15. The van der Waals surface area contributed by atoms with E-state index in [1.54, 1.807) is 31.3 Å². The van der Waals surface area contributed by atoms with Gasteiger partial charge in [-0.1, -0.05) is 35.9 Å². The first-order chi connectivity index (χ1) is 16.4. The van der Waals surface area contributed by atoms with Crippen molar-refractivity contribution in [1.82, 2.24) is 14.5 Å². The summed E-state index contributed by atoms with van der Waals surface area (Å²) in [7, 11) is 0. The van der Waals surface area contributed by atoms with Crippen LogP contribution in [0, 0.1) is 6.92 Å². The lowest BCUT2D eigenvalue weighted by molar-refractivity contribution is -0.131. The number of amides is 1. The normalized spacial score (nSPS) is 13.2. The Morgan fingerprint density at radius 3 is 2.59 bits per heavy atom. The molecular weight excluding hydrogens is 450 g/mol. The second kappa shape index (κ2) is 8.95. The van der Waals surface area contributed by atoms with Crippen molar-refractivity contribution in [3.05, 3.63) is 99.3 Å². The highest BCUT2D eigenvalue weighted by Crippen LogP contribution is 2.31. The summed E-state index contributed by atoms with van der Waals surface area (Å²) in [6.07, 6.45) is 2.82. The molecule has 1 amide bonds. The number of fused-ring (bicyclic) bond motifs is 3. The van der Waals surface area contributed by atoms with E-state index in [0.717, 1.165) is 34.3 Å². The minimum atomic E-state index is -0.957. The van der Waals surface area contributed by atoms with Gasteiger partial charge in [0.2, 0.25) is 5.91 Å². The quantitative estimate of drug-likeness (QED) is 0.448. The van der Waals surface area contributed by atoms with Gasteiger partial charge in [-0.25, -0.2) is 9.78 Å². The number of nitrogens with zero attached hydrogens (tertiary/aromatic N) is 3. The predicted molar refractivity (Wildman–Crippen MR) is 131 cm³/mol. The number of carbonyl (C=O) groups excluding carboxylic acids is 1. The fraction of sp³-hybridized carbons (Fsp3) is 0.222. The zero-order valence-corrected chi connectivity index (χ0v) is 19.5. The Morgan fingerprint density at radius 2 is 1.85 bits per heavy atom. The van der Waals surface area contributed by atoms with Gasteiger partial charge in [-0.05, 0) is 65.9 Å². The van der Waals surface area contributed by atoms with E-state index in [0.29, 0.717) is 30.2 Å². The van der Waals surface area contributed by atoms with Crippen LogP contribution < -0.4 is 0 Å². The van der Waals surface area contributed by atoms with Crippen LogP contribution in [-0.2, 0) is 30.7 Å². The number of halogens is 1. The van der Waals surface area contributed by atoms with Crippen molar-refractivity contribution in [2.75, 3.05) is 6.54 Å². The fourth-order valence-corrected chi connectivity index (χ4v) is 4.90. The molecule has 0 saturated carbocycles. The molecule has 2 aromatic carbocycles. The number of aryl methyl sites for hydroxylation is 1. The lowest BCUT2D eigenvalue weighted by atomic mass is 10.0. The molecule has 1 aliphatic heterocycles. The zero-order chi connectivity index (χ0) is 23.8. The molecule has 0 bridgehead atoms. The van der Waals surface area contributed by atoms with Crippen LogP contribution in [0.15, 0.2) is 60.8 Å². The summed E-state index contributed by atoms with van der Waals surface area (Å²) >= 11 is 6.07. The third-order valence-electron chi connectivity index (χ3n) is 6.50. The first kappa shape index (κ1) is 22.2. The molecule has 0 fully saturated rings. The lowest BCUT2D eigenvalue weighted by Crippen LogP contribution is -2.37. The van der Waals surface area contributed by atoms with E-state index in [9.17, 15) is 14.7 Å². The summed E-state index contributed by atoms with van der Waals surface area (Å²) in [6, 6.07) is 16.9. The van der Waals surface area contributed by atoms with Crippen molar-refractivity contribution >= 4 is 34.5 Å². The molecule has 0 saturated heterocycles. The summed E-state index contributed by atoms with van der Waals surface area (Å²) in [5, 5.41) is 11.1. The molecule has 1 aliphatic rings. The molecule has 3 heterocycles. The van der Waals surface area contributed by atoms with Gasteiger partial charge in [0.1, 0.15) is 5.65 Å². The van der Waals surface area contributed by atoms with Gasteiger partial charge < -0.3 is 14.6 Å². The average Bonchev–Trinajstić information content (AvgIpc) is 3.13. The molecular formula is C27H24ClN3O3. The van der Waals surface area contributed by atoms with Crippen LogP contribution in [0.5, 0.6) is 0 Å². The number of benzene rings is 2. The molecule has 4 aromatic rings. The van der Waals surface area contributed by atoms with Crippen LogP contribution in [0.25, 0.3) is 11.0 Å². The largest absolute Gasteiger partial charge is 0.478 e. The maximum absolute atomic E-state index is 13.2. The van der Waals surface area contributed by atoms with Gasteiger partial charge in [-0.3, -0.25) is 4.79 Å². The van der Waals surface area contributed by atoms with Crippen LogP contribution >= 0.6 is 11.6 Å². The van der Waals surface area contributed by atoms with E-state index in [2.05, 4.69) is 15.6 Å². The molecule has 2 aromatic heterocycles. The number of pyridine rings is 1. The van der Waals surface area contributed by atoms with Gasteiger partial charge in [0.15, 0.2) is 0 Å². The number of aromatic nitrogens is 2. The van der Waals surface area contributed by atoms with Crippen molar-refractivity contribution in [2.24, 2.45) is 0 Å². The smallest absolute Gasteiger partial charge is 0.335 e. The Labute approximate surface area is 202 Å². The topological polar surface area (TPSA) is 75.4 Å². The Hall–Kier alpha value is -3.64.